The molecule has 1 saturated carbocycles. The van der Waals surface area contributed by atoms with Crippen molar-refractivity contribution >= 4 is 5.69 Å². The molecule has 1 N–H and O–H groups in total. The van der Waals surface area contributed by atoms with Crippen LogP contribution < -0.4 is 5.32 Å². The van der Waals surface area contributed by atoms with E-state index in [-0.39, 0.29) is 0 Å². The Balaban J connectivity index is 1.87. The molecule has 0 unspecified atom stereocenters. The quantitative estimate of drug-likeness (QED) is 0.817. The van der Waals surface area contributed by atoms with Gasteiger partial charge in [0.25, 0.3) is 0 Å². The first-order valence-corrected chi connectivity index (χ1v) is 6.90. The van der Waals surface area contributed by atoms with Gasteiger partial charge in [-0.15, -0.1) is 0 Å². The monoisotopic (exact) mass is 253 g/mol. The first kappa shape index (κ1) is 13.3. The van der Waals surface area contributed by atoms with Crippen LogP contribution in [0.25, 0.3) is 0 Å². The molecule has 1 fully saturated rings. The number of rotatable bonds is 4. The Morgan fingerprint density at radius 1 is 1.06 bits per heavy atom. The summed E-state index contributed by atoms with van der Waals surface area (Å²) in [4.78, 5) is 0. The standard InChI is InChI=1S/C15H21F2N/c1-2-3-11-4-6-14(7-5-11)18-15-9-12(16)8-13(17)10-15/h8-11,14,18H,2-7H2,1H3. The van der Waals surface area contributed by atoms with Crippen molar-refractivity contribution in [2.24, 2.45) is 5.92 Å². The Morgan fingerprint density at radius 3 is 2.22 bits per heavy atom. The number of hydrogen-bond donors (Lipinski definition) is 1. The molecule has 2 rings (SSSR count). The van der Waals surface area contributed by atoms with Gasteiger partial charge in [0.2, 0.25) is 0 Å². The third kappa shape index (κ3) is 3.69. The highest BCUT2D eigenvalue weighted by molar-refractivity contribution is 5.44. The zero-order valence-electron chi connectivity index (χ0n) is 10.9. The summed E-state index contributed by atoms with van der Waals surface area (Å²) in [5.74, 6) is -0.188. The highest BCUT2D eigenvalue weighted by Crippen LogP contribution is 2.29. The van der Waals surface area contributed by atoms with Gasteiger partial charge in [-0.2, -0.15) is 0 Å². The predicted molar refractivity (Wildman–Crippen MR) is 70.6 cm³/mol. The molecule has 1 aliphatic rings. The first-order chi connectivity index (χ1) is 8.67. The van der Waals surface area contributed by atoms with Gasteiger partial charge in [-0.25, -0.2) is 8.78 Å². The minimum Gasteiger partial charge on any atom is -0.382 e. The molecule has 0 aliphatic heterocycles. The topological polar surface area (TPSA) is 12.0 Å². The highest BCUT2D eigenvalue weighted by Gasteiger charge is 2.20. The Bertz CT molecular complexity index is 364. The fourth-order valence-corrected chi connectivity index (χ4v) is 2.88. The second-order valence-electron chi connectivity index (χ2n) is 5.31. The lowest BCUT2D eigenvalue weighted by Gasteiger charge is -2.29. The van der Waals surface area contributed by atoms with E-state index in [2.05, 4.69) is 12.2 Å². The van der Waals surface area contributed by atoms with Gasteiger partial charge in [0, 0.05) is 17.8 Å². The number of nitrogens with one attached hydrogen (secondary N) is 1. The third-order valence-corrected chi connectivity index (χ3v) is 3.78. The average Bonchev–Trinajstić information content (AvgIpc) is 2.31. The highest BCUT2D eigenvalue weighted by atomic mass is 19.1. The van der Waals surface area contributed by atoms with Crippen molar-refractivity contribution in [3.63, 3.8) is 0 Å². The maximum Gasteiger partial charge on any atom is 0.128 e. The van der Waals surface area contributed by atoms with Crippen LogP contribution in [0, 0.1) is 17.6 Å². The SMILES string of the molecule is CCCC1CCC(Nc2cc(F)cc(F)c2)CC1. The number of hydrogen-bond acceptors (Lipinski definition) is 1. The summed E-state index contributed by atoms with van der Waals surface area (Å²) < 4.78 is 26.1. The van der Waals surface area contributed by atoms with Gasteiger partial charge >= 0.3 is 0 Å². The van der Waals surface area contributed by atoms with E-state index in [0.717, 1.165) is 24.8 Å². The summed E-state index contributed by atoms with van der Waals surface area (Å²) in [6.45, 7) is 2.22. The molecule has 0 amide bonds. The molecule has 0 radical (unpaired) electrons. The molecule has 1 aromatic rings. The lowest BCUT2D eigenvalue weighted by Crippen LogP contribution is -2.26. The Labute approximate surface area is 108 Å². The van der Waals surface area contributed by atoms with E-state index < -0.39 is 11.6 Å². The Kier molecular flexibility index (Phi) is 4.56. The van der Waals surface area contributed by atoms with E-state index in [1.54, 1.807) is 0 Å². The van der Waals surface area contributed by atoms with E-state index in [1.807, 2.05) is 0 Å². The average molecular weight is 253 g/mol. The molecular formula is C15H21F2N. The molecule has 1 nitrogen and oxygen atoms in total. The molecule has 1 aromatic carbocycles. The van der Waals surface area contributed by atoms with Crippen molar-refractivity contribution in [3.8, 4) is 0 Å². The van der Waals surface area contributed by atoms with E-state index in [0.29, 0.717) is 11.7 Å². The molecule has 0 spiro atoms. The van der Waals surface area contributed by atoms with Gasteiger partial charge in [0.1, 0.15) is 11.6 Å². The normalized spacial score (nSPS) is 23.9. The summed E-state index contributed by atoms with van der Waals surface area (Å²) in [5.41, 5.74) is 0.562. The molecule has 0 atom stereocenters. The third-order valence-electron chi connectivity index (χ3n) is 3.78. The van der Waals surface area contributed by atoms with Crippen molar-refractivity contribution in [2.75, 3.05) is 5.32 Å². The fourth-order valence-electron chi connectivity index (χ4n) is 2.88. The Hall–Kier alpha value is -1.12. The lowest BCUT2D eigenvalue weighted by atomic mass is 9.83. The van der Waals surface area contributed by atoms with Gasteiger partial charge < -0.3 is 5.32 Å². The fraction of sp³-hybridized carbons (Fsp3) is 0.600. The summed E-state index contributed by atoms with van der Waals surface area (Å²) >= 11 is 0. The van der Waals surface area contributed by atoms with Crippen LogP contribution in [0.1, 0.15) is 45.4 Å². The number of halogens is 2. The molecular weight excluding hydrogens is 232 g/mol. The van der Waals surface area contributed by atoms with Crippen LogP contribution in [0.2, 0.25) is 0 Å². The van der Waals surface area contributed by atoms with Gasteiger partial charge in [0.05, 0.1) is 0 Å². The van der Waals surface area contributed by atoms with Gasteiger partial charge in [0.15, 0.2) is 0 Å². The van der Waals surface area contributed by atoms with Crippen molar-refractivity contribution in [3.05, 3.63) is 29.8 Å². The molecule has 3 heteroatoms. The van der Waals surface area contributed by atoms with Crippen LogP contribution in [0.15, 0.2) is 18.2 Å². The molecule has 0 aromatic heterocycles. The maximum atomic E-state index is 13.1. The summed E-state index contributed by atoms with van der Waals surface area (Å²) in [6.07, 6.45) is 7.21. The van der Waals surface area contributed by atoms with E-state index >= 15 is 0 Å². The van der Waals surface area contributed by atoms with Crippen LogP contribution in [0.3, 0.4) is 0 Å². The van der Waals surface area contributed by atoms with Gasteiger partial charge in [-0.3, -0.25) is 0 Å². The van der Waals surface area contributed by atoms with E-state index in [1.165, 1.54) is 37.8 Å². The van der Waals surface area contributed by atoms with Crippen LogP contribution in [0.5, 0.6) is 0 Å². The molecule has 0 bridgehead atoms. The Morgan fingerprint density at radius 2 is 1.67 bits per heavy atom. The van der Waals surface area contributed by atoms with Crippen molar-refractivity contribution in [1.29, 1.82) is 0 Å². The summed E-state index contributed by atoms with van der Waals surface area (Å²) in [7, 11) is 0. The molecule has 1 aliphatic carbocycles. The predicted octanol–water partition coefficient (Wildman–Crippen LogP) is 4.74. The minimum atomic E-state index is -0.517. The van der Waals surface area contributed by atoms with Crippen molar-refractivity contribution in [2.45, 2.75) is 51.5 Å². The largest absolute Gasteiger partial charge is 0.382 e. The van der Waals surface area contributed by atoms with Crippen LogP contribution in [-0.4, -0.2) is 6.04 Å². The number of anilines is 1. The van der Waals surface area contributed by atoms with Crippen molar-refractivity contribution in [1.82, 2.24) is 0 Å². The smallest absolute Gasteiger partial charge is 0.128 e. The first-order valence-electron chi connectivity index (χ1n) is 6.90. The van der Waals surface area contributed by atoms with Crippen molar-refractivity contribution < 1.29 is 8.78 Å². The molecule has 18 heavy (non-hydrogen) atoms. The second kappa shape index (κ2) is 6.17. The van der Waals surface area contributed by atoms with Crippen LogP contribution in [0.4, 0.5) is 14.5 Å². The van der Waals surface area contributed by atoms with Crippen LogP contribution in [-0.2, 0) is 0 Å². The minimum absolute atomic E-state index is 0.360. The molecule has 0 heterocycles. The van der Waals surface area contributed by atoms with E-state index in [9.17, 15) is 8.78 Å². The molecule has 0 saturated heterocycles. The lowest BCUT2D eigenvalue weighted by molar-refractivity contribution is 0.319. The zero-order valence-corrected chi connectivity index (χ0v) is 10.9. The summed E-state index contributed by atoms with van der Waals surface area (Å²) in [5, 5.41) is 3.25. The summed E-state index contributed by atoms with van der Waals surface area (Å²) in [6, 6.07) is 3.99. The van der Waals surface area contributed by atoms with Gasteiger partial charge in [-0.05, 0) is 43.7 Å². The van der Waals surface area contributed by atoms with E-state index in [4.69, 9.17) is 0 Å². The number of benzene rings is 1. The molecule has 100 valence electrons. The van der Waals surface area contributed by atoms with Gasteiger partial charge in [-0.1, -0.05) is 19.8 Å². The van der Waals surface area contributed by atoms with Crippen LogP contribution >= 0.6 is 0 Å². The zero-order chi connectivity index (χ0) is 13.0. The maximum absolute atomic E-state index is 13.1. The second-order valence-corrected chi connectivity index (χ2v) is 5.31.